The van der Waals surface area contributed by atoms with Crippen molar-refractivity contribution in [2.75, 3.05) is 0 Å². The Hall–Kier alpha value is -2.42. The molecule has 2 nitrogen and oxygen atoms in total. The zero-order valence-corrected chi connectivity index (χ0v) is 15.3. The van der Waals surface area contributed by atoms with Crippen molar-refractivity contribution in [3.63, 3.8) is 0 Å². The van der Waals surface area contributed by atoms with Crippen LogP contribution in [-0.2, 0) is 15.9 Å². The monoisotopic (exact) mass is 344 g/mol. The van der Waals surface area contributed by atoms with Crippen molar-refractivity contribution >= 4 is 0 Å². The molecule has 1 aliphatic rings. The van der Waals surface area contributed by atoms with Crippen molar-refractivity contribution in [2.45, 2.75) is 39.3 Å². The van der Waals surface area contributed by atoms with Gasteiger partial charge in [-0.25, -0.2) is 0 Å². The van der Waals surface area contributed by atoms with Crippen LogP contribution in [-0.4, -0.2) is 0 Å². The van der Waals surface area contributed by atoms with Gasteiger partial charge >= 0.3 is 0 Å². The predicted molar refractivity (Wildman–Crippen MR) is 105 cm³/mol. The number of ether oxygens (including phenoxy) is 2. The zero-order valence-electron chi connectivity index (χ0n) is 15.3. The summed E-state index contributed by atoms with van der Waals surface area (Å²) in [6, 6.07) is 25.3. The number of rotatable bonds is 5. The molecular formula is C24H24O2. The van der Waals surface area contributed by atoms with Gasteiger partial charge < -0.3 is 9.47 Å². The highest BCUT2D eigenvalue weighted by molar-refractivity contribution is 5.69. The molecule has 0 aliphatic carbocycles. The lowest BCUT2D eigenvalue weighted by Crippen LogP contribution is -2.28. The molecule has 1 aliphatic heterocycles. The van der Waals surface area contributed by atoms with Crippen LogP contribution in [0.1, 0.15) is 48.2 Å². The van der Waals surface area contributed by atoms with Crippen molar-refractivity contribution in [1.29, 1.82) is 0 Å². The van der Waals surface area contributed by atoms with Gasteiger partial charge in [-0.05, 0) is 30.0 Å². The van der Waals surface area contributed by atoms with Gasteiger partial charge in [0.1, 0.15) is 0 Å². The van der Waals surface area contributed by atoms with Crippen LogP contribution >= 0.6 is 0 Å². The smallest absolute Gasteiger partial charge is 0.190 e. The molecule has 0 amide bonds. The minimum absolute atomic E-state index is 0.265. The summed E-state index contributed by atoms with van der Waals surface area (Å²) < 4.78 is 12.2. The van der Waals surface area contributed by atoms with Crippen LogP contribution in [0.4, 0.5) is 0 Å². The van der Waals surface area contributed by atoms with Gasteiger partial charge in [0.05, 0.1) is 0 Å². The Balaban J connectivity index is 1.63. The summed E-state index contributed by atoms with van der Waals surface area (Å²) in [7, 11) is 0. The van der Waals surface area contributed by atoms with E-state index in [2.05, 4.69) is 56.3 Å². The van der Waals surface area contributed by atoms with E-state index in [1.165, 1.54) is 22.3 Å². The van der Waals surface area contributed by atoms with E-state index in [0.717, 1.165) is 24.0 Å². The van der Waals surface area contributed by atoms with Crippen LogP contribution in [0.25, 0.3) is 11.1 Å². The summed E-state index contributed by atoms with van der Waals surface area (Å²) in [5.74, 6) is 0. The molecule has 3 aromatic carbocycles. The lowest BCUT2D eigenvalue weighted by atomic mass is 9.91. The molecule has 0 saturated carbocycles. The van der Waals surface area contributed by atoms with E-state index in [0.29, 0.717) is 0 Å². The van der Waals surface area contributed by atoms with E-state index in [-0.39, 0.29) is 12.6 Å². The standard InChI is InChI=1S/C24H24O2/c1-3-8-21-20(18-15-13-17(2)14-16-18)11-7-12-22(21)24-25-23(26-24)19-9-5-4-6-10-19/h4-7,9-16,23-24H,3,8H2,1-2H3. The second-order valence-electron chi connectivity index (χ2n) is 6.84. The van der Waals surface area contributed by atoms with Crippen molar-refractivity contribution in [3.05, 3.63) is 95.1 Å². The van der Waals surface area contributed by atoms with Crippen molar-refractivity contribution in [2.24, 2.45) is 0 Å². The summed E-state index contributed by atoms with van der Waals surface area (Å²) in [6.07, 6.45) is 1.55. The van der Waals surface area contributed by atoms with Crippen LogP contribution in [0.2, 0.25) is 0 Å². The molecule has 0 bridgehead atoms. The first-order valence-electron chi connectivity index (χ1n) is 9.31. The largest absolute Gasteiger partial charge is 0.315 e. The van der Waals surface area contributed by atoms with E-state index in [9.17, 15) is 0 Å². The summed E-state index contributed by atoms with van der Waals surface area (Å²) in [4.78, 5) is 0. The quantitative estimate of drug-likeness (QED) is 0.536. The molecule has 0 atom stereocenters. The Morgan fingerprint density at radius 1 is 0.769 bits per heavy atom. The fourth-order valence-corrected chi connectivity index (χ4v) is 3.51. The fraction of sp³-hybridized carbons (Fsp3) is 0.250. The maximum absolute atomic E-state index is 6.09. The first kappa shape index (κ1) is 17.0. The van der Waals surface area contributed by atoms with E-state index in [4.69, 9.17) is 9.47 Å². The molecule has 0 unspecified atom stereocenters. The van der Waals surface area contributed by atoms with E-state index in [1.807, 2.05) is 30.3 Å². The summed E-state index contributed by atoms with van der Waals surface area (Å²) in [5, 5.41) is 0. The maximum atomic E-state index is 6.09. The zero-order chi connectivity index (χ0) is 17.9. The summed E-state index contributed by atoms with van der Waals surface area (Å²) in [5.41, 5.74) is 7.35. The van der Waals surface area contributed by atoms with Crippen LogP contribution in [0, 0.1) is 6.92 Å². The number of hydrogen-bond acceptors (Lipinski definition) is 2. The highest BCUT2D eigenvalue weighted by Crippen LogP contribution is 2.44. The molecule has 1 fully saturated rings. The molecule has 2 heteroatoms. The van der Waals surface area contributed by atoms with Crippen LogP contribution in [0.3, 0.4) is 0 Å². The van der Waals surface area contributed by atoms with Gasteiger partial charge in [-0.3, -0.25) is 0 Å². The van der Waals surface area contributed by atoms with Gasteiger partial charge in [-0.1, -0.05) is 91.7 Å². The molecule has 3 aromatic rings. The first-order valence-corrected chi connectivity index (χ1v) is 9.31. The lowest BCUT2D eigenvalue weighted by Gasteiger charge is -2.37. The molecule has 26 heavy (non-hydrogen) atoms. The third kappa shape index (κ3) is 3.31. The third-order valence-electron chi connectivity index (χ3n) is 4.89. The highest BCUT2D eigenvalue weighted by Gasteiger charge is 2.35. The van der Waals surface area contributed by atoms with Gasteiger partial charge in [0.15, 0.2) is 12.6 Å². The Morgan fingerprint density at radius 3 is 2.19 bits per heavy atom. The number of benzene rings is 3. The van der Waals surface area contributed by atoms with Gasteiger partial charge in [0.25, 0.3) is 0 Å². The minimum Gasteiger partial charge on any atom is -0.315 e. The maximum Gasteiger partial charge on any atom is 0.190 e. The molecule has 0 N–H and O–H groups in total. The molecule has 0 spiro atoms. The van der Waals surface area contributed by atoms with Crippen molar-refractivity contribution in [3.8, 4) is 11.1 Å². The van der Waals surface area contributed by atoms with Crippen LogP contribution in [0.5, 0.6) is 0 Å². The minimum atomic E-state index is -0.285. The van der Waals surface area contributed by atoms with Crippen molar-refractivity contribution < 1.29 is 9.47 Å². The normalized spacial score (nSPS) is 19.2. The lowest BCUT2D eigenvalue weighted by molar-refractivity contribution is -0.397. The number of aryl methyl sites for hydroxylation is 1. The average Bonchev–Trinajstić information content (AvgIpc) is 2.63. The molecule has 1 heterocycles. The first-order chi connectivity index (χ1) is 12.8. The summed E-state index contributed by atoms with van der Waals surface area (Å²) in [6.45, 7) is 4.33. The second kappa shape index (κ2) is 7.45. The topological polar surface area (TPSA) is 18.5 Å². The highest BCUT2D eigenvalue weighted by atomic mass is 16.9. The molecule has 132 valence electrons. The van der Waals surface area contributed by atoms with Gasteiger partial charge in [-0.15, -0.1) is 0 Å². The molecular weight excluding hydrogens is 320 g/mol. The second-order valence-corrected chi connectivity index (χ2v) is 6.84. The van der Waals surface area contributed by atoms with Gasteiger partial charge in [0.2, 0.25) is 0 Å². The molecule has 0 aromatic heterocycles. The third-order valence-corrected chi connectivity index (χ3v) is 4.89. The molecule has 1 saturated heterocycles. The van der Waals surface area contributed by atoms with E-state index in [1.54, 1.807) is 0 Å². The van der Waals surface area contributed by atoms with Crippen LogP contribution in [0.15, 0.2) is 72.8 Å². The fourth-order valence-electron chi connectivity index (χ4n) is 3.51. The van der Waals surface area contributed by atoms with E-state index >= 15 is 0 Å². The van der Waals surface area contributed by atoms with Crippen LogP contribution < -0.4 is 0 Å². The Kier molecular flexibility index (Phi) is 4.87. The Morgan fingerprint density at radius 2 is 1.50 bits per heavy atom. The average molecular weight is 344 g/mol. The summed E-state index contributed by atoms with van der Waals surface area (Å²) >= 11 is 0. The van der Waals surface area contributed by atoms with Crippen molar-refractivity contribution in [1.82, 2.24) is 0 Å². The van der Waals surface area contributed by atoms with Gasteiger partial charge in [-0.2, -0.15) is 0 Å². The van der Waals surface area contributed by atoms with E-state index < -0.39 is 0 Å². The Labute approximate surface area is 155 Å². The predicted octanol–water partition coefficient (Wildman–Crippen LogP) is 6.36. The van der Waals surface area contributed by atoms with Gasteiger partial charge in [0, 0.05) is 11.1 Å². The molecule has 0 radical (unpaired) electrons. The Bertz CT molecular complexity index is 862. The molecule has 4 rings (SSSR count). The SMILES string of the molecule is CCCc1c(-c2ccc(C)cc2)cccc1C1OC(c2ccccc2)O1. The number of hydrogen-bond donors (Lipinski definition) is 0.